The molecule has 1 aromatic heterocycles. The van der Waals surface area contributed by atoms with E-state index in [1.807, 2.05) is 6.92 Å². The third kappa shape index (κ3) is 2.85. The van der Waals surface area contributed by atoms with Crippen LogP contribution >= 0.6 is 0 Å². The zero-order valence-electron chi connectivity index (χ0n) is 11.3. The third-order valence-corrected chi connectivity index (χ3v) is 3.62. The van der Waals surface area contributed by atoms with Crippen LogP contribution in [0.15, 0.2) is 12.3 Å². The Morgan fingerprint density at radius 3 is 3.00 bits per heavy atom. The minimum absolute atomic E-state index is 0.0939. The predicted octanol–water partition coefficient (Wildman–Crippen LogP) is 0.519. The first-order valence-electron chi connectivity index (χ1n) is 6.43. The second-order valence-electron chi connectivity index (χ2n) is 5.06. The molecule has 1 aromatic rings. The van der Waals surface area contributed by atoms with E-state index in [4.69, 9.17) is 5.84 Å². The number of carbonyl (C=O) groups excluding carboxylic acids is 1. The second kappa shape index (κ2) is 5.54. The van der Waals surface area contributed by atoms with E-state index in [0.29, 0.717) is 24.3 Å². The number of hydrogen-bond donors (Lipinski definition) is 3. The molecule has 2 atom stereocenters. The van der Waals surface area contributed by atoms with Crippen molar-refractivity contribution in [3.63, 3.8) is 0 Å². The van der Waals surface area contributed by atoms with Crippen LogP contribution in [-0.2, 0) is 0 Å². The van der Waals surface area contributed by atoms with E-state index >= 15 is 0 Å². The third-order valence-electron chi connectivity index (χ3n) is 3.62. The predicted molar refractivity (Wildman–Crippen MR) is 72.5 cm³/mol. The highest BCUT2D eigenvalue weighted by molar-refractivity contribution is 5.99. The Balaban J connectivity index is 2.17. The molecule has 2 rings (SSSR count). The lowest BCUT2D eigenvalue weighted by atomic mass is 10.0. The minimum Gasteiger partial charge on any atom is -0.393 e. The zero-order valence-corrected chi connectivity index (χ0v) is 11.3. The van der Waals surface area contributed by atoms with Crippen molar-refractivity contribution in [2.45, 2.75) is 26.4 Å². The van der Waals surface area contributed by atoms with Crippen LogP contribution in [-0.4, -0.2) is 40.1 Å². The number of aryl methyl sites for hydroxylation is 1. The van der Waals surface area contributed by atoms with Crippen LogP contribution in [0, 0.1) is 12.8 Å². The summed E-state index contributed by atoms with van der Waals surface area (Å²) in [4.78, 5) is 18.3. The number of rotatable bonds is 3. The molecule has 6 heteroatoms. The topological polar surface area (TPSA) is 91.5 Å². The molecule has 1 saturated heterocycles. The Hall–Kier alpha value is -1.66. The van der Waals surface area contributed by atoms with Crippen molar-refractivity contribution >= 4 is 11.6 Å². The van der Waals surface area contributed by atoms with Gasteiger partial charge in [0, 0.05) is 30.9 Å². The lowest BCUT2D eigenvalue weighted by Gasteiger charge is -2.19. The van der Waals surface area contributed by atoms with E-state index in [2.05, 4.69) is 10.4 Å². The molecule has 0 aliphatic carbocycles. The number of nitrogen functional groups attached to an aromatic ring is 1. The lowest BCUT2D eigenvalue weighted by Crippen LogP contribution is -2.31. The summed E-state index contributed by atoms with van der Waals surface area (Å²) in [5.41, 5.74) is 4.39. The number of anilines is 1. The van der Waals surface area contributed by atoms with E-state index in [0.717, 1.165) is 12.1 Å². The fraction of sp³-hybridized carbons (Fsp3) is 0.538. The maximum absolute atomic E-state index is 12.4. The molecule has 1 aliphatic rings. The average molecular weight is 264 g/mol. The number of aliphatic hydroxyl groups is 1. The number of hydrogen-bond acceptors (Lipinski definition) is 5. The van der Waals surface area contributed by atoms with Crippen molar-refractivity contribution in [1.29, 1.82) is 0 Å². The molecule has 0 spiro atoms. The fourth-order valence-corrected chi connectivity index (χ4v) is 2.39. The molecule has 0 radical (unpaired) electrons. The number of nitrogens with zero attached hydrogens (tertiary/aromatic N) is 2. The molecule has 1 aliphatic heterocycles. The van der Waals surface area contributed by atoms with Gasteiger partial charge in [-0.2, -0.15) is 0 Å². The Labute approximate surface area is 112 Å². The molecule has 1 fully saturated rings. The van der Waals surface area contributed by atoms with Crippen molar-refractivity contribution in [2.75, 3.05) is 18.5 Å². The molecule has 4 N–H and O–H groups in total. The van der Waals surface area contributed by atoms with Gasteiger partial charge in [-0.25, -0.2) is 0 Å². The summed E-state index contributed by atoms with van der Waals surface area (Å²) in [6, 6.07) is 1.75. The van der Waals surface area contributed by atoms with Crippen molar-refractivity contribution in [2.24, 2.45) is 11.8 Å². The number of nitrogens with two attached hydrogens (primary N) is 1. The van der Waals surface area contributed by atoms with Crippen LogP contribution in [0.5, 0.6) is 0 Å². The van der Waals surface area contributed by atoms with Gasteiger partial charge in [-0.15, -0.1) is 0 Å². The molecule has 0 aromatic carbocycles. The molecule has 104 valence electrons. The first kappa shape index (κ1) is 13.8. The van der Waals surface area contributed by atoms with Crippen LogP contribution in [0.4, 0.5) is 5.69 Å². The standard InChI is InChI=1S/C13H20N4O2/c1-8-5-12(16-14)11(6-15-8)13(19)17-4-3-10(7-17)9(2)18/h5-6,9-10,18H,3-4,7,14H2,1-2H3,(H,15,16). The summed E-state index contributed by atoms with van der Waals surface area (Å²) in [6.45, 7) is 4.84. The number of aliphatic hydroxyl groups excluding tert-OH is 1. The SMILES string of the molecule is Cc1cc(NN)c(C(=O)N2CCC(C(C)O)C2)cn1. The number of nitrogens with one attached hydrogen (secondary N) is 1. The van der Waals surface area contributed by atoms with Gasteiger partial charge < -0.3 is 15.4 Å². The van der Waals surface area contributed by atoms with E-state index in [9.17, 15) is 9.90 Å². The van der Waals surface area contributed by atoms with Crippen molar-refractivity contribution in [3.05, 3.63) is 23.5 Å². The number of pyridine rings is 1. The van der Waals surface area contributed by atoms with Gasteiger partial charge in [0.2, 0.25) is 0 Å². The largest absolute Gasteiger partial charge is 0.393 e. The molecular weight excluding hydrogens is 244 g/mol. The monoisotopic (exact) mass is 264 g/mol. The van der Waals surface area contributed by atoms with Gasteiger partial charge in [0.15, 0.2) is 0 Å². The van der Waals surface area contributed by atoms with E-state index in [-0.39, 0.29) is 17.9 Å². The quantitative estimate of drug-likeness (QED) is 0.547. The van der Waals surface area contributed by atoms with E-state index in [1.54, 1.807) is 24.1 Å². The molecule has 0 bridgehead atoms. The summed E-state index contributed by atoms with van der Waals surface area (Å²) in [5, 5.41) is 9.58. The highest BCUT2D eigenvalue weighted by Gasteiger charge is 2.30. The van der Waals surface area contributed by atoms with E-state index < -0.39 is 0 Å². The van der Waals surface area contributed by atoms with Crippen molar-refractivity contribution < 1.29 is 9.90 Å². The Morgan fingerprint density at radius 1 is 1.68 bits per heavy atom. The number of amides is 1. The van der Waals surface area contributed by atoms with Crippen LogP contribution in [0.1, 0.15) is 29.4 Å². The van der Waals surface area contributed by atoms with Crippen molar-refractivity contribution in [3.8, 4) is 0 Å². The fourth-order valence-electron chi connectivity index (χ4n) is 2.39. The Morgan fingerprint density at radius 2 is 2.42 bits per heavy atom. The van der Waals surface area contributed by atoms with Crippen LogP contribution < -0.4 is 11.3 Å². The minimum atomic E-state index is -0.388. The van der Waals surface area contributed by atoms with Gasteiger partial charge in [0.25, 0.3) is 5.91 Å². The number of aromatic nitrogens is 1. The maximum Gasteiger partial charge on any atom is 0.257 e. The average Bonchev–Trinajstić information content (AvgIpc) is 2.87. The molecule has 2 heterocycles. The van der Waals surface area contributed by atoms with Gasteiger partial charge in [-0.3, -0.25) is 15.6 Å². The van der Waals surface area contributed by atoms with E-state index in [1.165, 1.54) is 0 Å². The molecule has 19 heavy (non-hydrogen) atoms. The molecular formula is C13H20N4O2. The second-order valence-corrected chi connectivity index (χ2v) is 5.06. The van der Waals surface area contributed by atoms with Crippen LogP contribution in [0.2, 0.25) is 0 Å². The zero-order chi connectivity index (χ0) is 14.0. The molecule has 2 unspecified atom stereocenters. The Bertz CT molecular complexity index is 476. The highest BCUT2D eigenvalue weighted by Crippen LogP contribution is 2.24. The summed E-state index contributed by atoms with van der Waals surface area (Å²) >= 11 is 0. The van der Waals surface area contributed by atoms with Crippen molar-refractivity contribution in [1.82, 2.24) is 9.88 Å². The van der Waals surface area contributed by atoms with Gasteiger partial charge in [0.05, 0.1) is 17.4 Å². The maximum atomic E-state index is 12.4. The van der Waals surface area contributed by atoms with Gasteiger partial charge in [-0.1, -0.05) is 0 Å². The number of hydrazine groups is 1. The van der Waals surface area contributed by atoms with Crippen LogP contribution in [0.3, 0.4) is 0 Å². The summed E-state index contributed by atoms with van der Waals surface area (Å²) < 4.78 is 0. The summed E-state index contributed by atoms with van der Waals surface area (Å²) in [6.07, 6.45) is 1.98. The molecule has 1 amide bonds. The molecule has 0 saturated carbocycles. The number of likely N-dealkylation sites (tertiary alicyclic amines) is 1. The first-order chi connectivity index (χ1) is 9.02. The highest BCUT2D eigenvalue weighted by atomic mass is 16.3. The van der Waals surface area contributed by atoms with Crippen LogP contribution in [0.25, 0.3) is 0 Å². The van der Waals surface area contributed by atoms with Gasteiger partial charge in [0.1, 0.15) is 0 Å². The smallest absolute Gasteiger partial charge is 0.257 e. The normalized spacial score (nSPS) is 20.4. The first-order valence-corrected chi connectivity index (χ1v) is 6.43. The van der Waals surface area contributed by atoms with Gasteiger partial charge in [-0.05, 0) is 26.3 Å². The van der Waals surface area contributed by atoms with Gasteiger partial charge >= 0.3 is 0 Å². The Kier molecular flexibility index (Phi) is 4.01. The molecule has 6 nitrogen and oxygen atoms in total. The summed E-state index contributed by atoms with van der Waals surface area (Å²) in [7, 11) is 0. The number of carbonyl (C=O) groups is 1. The lowest BCUT2D eigenvalue weighted by molar-refractivity contribution is 0.0763. The summed E-state index contributed by atoms with van der Waals surface area (Å²) in [5.74, 6) is 5.50.